The molecule has 1 aromatic heterocycles. The number of fused-ring (bicyclic) bond motifs is 3. The number of ether oxygens (including phenoxy) is 1. The molecule has 2 aromatic carbocycles. The third-order valence-corrected chi connectivity index (χ3v) is 3.76. The van der Waals surface area contributed by atoms with Gasteiger partial charge in [-0.15, -0.1) is 0 Å². The van der Waals surface area contributed by atoms with Crippen LogP contribution in [0.2, 0.25) is 0 Å². The second-order valence-corrected chi connectivity index (χ2v) is 5.13. The molecule has 0 aliphatic rings. The van der Waals surface area contributed by atoms with Crippen molar-refractivity contribution in [2.45, 2.75) is 20.4 Å². The van der Waals surface area contributed by atoms with Crippen LogP contribution in [0.3, 0.4) is 0 Å². The van der Waals surface area contributed by atoms with Crippen LogP contribution < -0.4 is 5.43 Å². The smallest absolute Gasteiger partial charge is 0.427 e. The molecule has 1 heterocycles. The van der Waals surface area contributed by atoms with Crippen molar-refractivity contribution in [3.8, 4) is 0 Å². The number of benzene rings is 2. The Hall–Kier alpha value is -2.82. The van der Waals surface area contributed by atoms with Gasteiger partial charge in [0.2, 0.25) is 0 Å². The monoisotopic (exact) mass is 309 g/mol. The maximum Gasteiger partial charge on any atom is 0.427 e. The summed E-state index contributed by atoms with van der Waals surface area (Å²) in [5, 5.41) is 6.32. The van der Waals surface area contributed by atoms with E-state index in [4.69, 9.17) is 4.74 Å². The number of hydrazone groups is 1. The van der Waals surface area contributed by atoms with Crippen LogP contribution in [0.5, 0.6) is 0 Å². The van der Waals surface area contributed by atoms with Crippen molar-refractivity contribution in [2.75, 3.05) is 6.61 Å². The molecule has 0 saturated carbocycles. The lowest BCUT2D eigenvalue weighted by molar-refractivity contribution is 0.152. The van der Waals surface area contributed by atoms with Gasteiger partial charge < -0.3 is 9.30 Å². The first-order chi connectivity index (χ1) is 11.2. The van der Waals surface area contributed by atoms with Crippen LogP contribution in [-0.4, -0.2) is 23.5 Å². The number of aromatic nitrogens is 1. The standard InChI is InChI=1S/C18H19N3O2/c1-3-21-16-8-6-5-7-14(16)15-11-13(9-10-17(15)21)12-19-20-18(22)23-4-2/h5-12H,3-4H2,1-2H3,(H,20,22)/b19-12-. The van der Waals surface area contributed by atoms with E-state index in [1.54, 1.807) is 13.1 Å². The molecule has 3 aromatic rings. The van der Waals surface area contributed by atoms with Crippen LogP contribution in [0, 0.1) is 0 Å². The van der Waals surface area contributed by atoms with Crippen molar-refractivity contribution >= 4 is 34.1 Å². The molecule has 0 bridgehead atoms. The highest BCUT2D eigenvalue weighted by Gasteiger charge is 2.09. The summed E-state index contributed by atoms with van der Waals surface area (Å²) < 4.78 is 7.05. The van der Waals surface area contributed by atoms with Gasteiger partial charge in [-0.3, -0.25) is 0 Å². The molecule has 0 atom stereocenters. The molecule has 5 nitrogen and oxygen atoms in total. The van der Waals surface area contributed by atoms with E-state index < -0.39 is 6.09 Å². The summed E-state index contributed by atoms with van der Waals surface area (Å²) >= 11 is 0. The summed E-state index contributed by atoms with van der Waals surface area (Å²) in [6.45, 7) is 5.14. The van der Waals surface area contributed by atoms with Gasteiger partial charge in [-0.05, 0) is 37.6 Å². The van der Waals surface area contributed by atoms with Crippen LogP contribution in [-0.2, 0) is 11.3 Å². The predicted molar refractivity (Wildman–Crippen MR) is 92.9 cm³/mol. The third kappa shape index (κ3) is 2.90. The second-order valence-electron chi connectivity index (χ2n) is 5.13. The van der Waals surface area contributed by atoms with Crippen molar-refractivity contribution in [3.05, 3.63) is 48.0 Å². The van der Waals surface area contributed by atoms with E-state index >= 15 is 0 Å². The number of carbonyl (C=O) groups is 1. The zero-order chi connectivity index (χ0) is 16.2. The van der Waals surface area contributed by atoms with E-state index in [2.05, 4.69) is 52.3 Å². The summed E-state index contributed by atoms with van der Waals surface area (Å²) in [4.78, 5) is 11.2. The summed E-state index contributed by atoms with van der Waals surface area (Å²) in [5.41, 5.74) is 5.69. The Labute approximate surface area is 134 Å². The molecule has 0 radical (unpaired) electrons. The fraction of sp³-hybridized carbons (Fsp3) is 0.222. The fourth-order valence-corrected chi connectivity index (χ4v) is 2.82. The quantitative estimate of drug-likeness (QED) is 0.587. The first-order valence-corrected chi connectivity index (χ1v) is 7.71. The minimum Gasteiger partial charge on any atom is -0.449 e. The number of amides is 1. The minimum absolute atomic E-state index is 0.323. The number of nitrogens with one attached hydrogen (secondary N) is 1. The molecule has 0 aliphatic heterocycles. The zero-order valence-corrected chi connectivity index (χ0v) is 13.2. The molecule has 0 aliphatic carbocycles. The van der Waals surface area contributed by atoms with Gasteiger partial charge in [-0.25, -0.2) is 10.2 Å². The number of rotatable bonds is 4. The van der Waals surface area contributed by atoms with E-state index in [1.807, 2.05) is 12.1 Å². The van der Waals surface area contributed by atoms with Crippen LogP contribution in [0.4, 0.5) is 4.79 Å². The van der Waals surface area contributed by atoms with Gasteiger partial charge in [0.15, 0.2) is 0 Å². The largest absolute Gasteiger partial charge is 0.449 e. The molecule has 1 N–H and O–H groups in total. The van der Waals surface area contributed by atoms with Crippen LogP contribution in [0.15, 0.2) is 47.6 Å². The molecule has 0 unspecified atom stereocenters. The lowest BCUT2D eigenvalue weighted by Crippen LogP contribution is -2.18. The number of para-hydroxylation sites is 1. The van der Waals surface area contributed by atoms with E-state index in [-0.39, 0.29) is 0 Å². The van der Waals surface area contributed by atoms with Gasteiger partial charge in [0.25, 0.3) is 0 Å². The van der Waals surface area contributed by atoms with E-state index in [0.717, 1.165) is 12.1 Å². The molecular formula is C18H19N3O2. The lowest BCUT2D eigenvalue weighted by Gasteiger charge is -2.02. The Kier molecular flexibility index (Phi) is 4.28. The van der Waals surface area contributed by atoms with Gasteiger partial charge >= 0.3 is 6.09 Å². The second kappa shape index (κ2) is 6.52. The molecule has 0 fully saturated rings. The summed E-state index contributed by atoms with van der Waals surface area (Å²) in [6.07, 6.45) is 1.07. The Bertz CT molecular complexity index is 880. The molecule has 118 valence electrons. The summed E-state index contributed by atoms with van der Waals surface area (Å²) in [6, 6.07) is 14.5. The molecule has 23 heavy (non-hydrogen) atoms. The molecule has 1 amide bonds. The topological polar surface area (TPSA) is 55.6 Å². The Balaban J connectivity index is 1.97. The van der Waals surface area contributed by atoms with Crippen LogP contribution >= 0.6 is 0 Å². The van der Waals surface area contributed by atoms with Crippen molar-refractivity contribution in [3.63, 3.8) is 0 Å². The number of carbonyl (C=O) groups excluding carboxylic acids is 1. The van der Waals surface area contributed by atoms with Gasteiger partial charge in [0, 0.05) is 28.4 Å². The van der Waals surface area contributed by atoms with E-state index in [1.165, 1.54) is 21.8 Å². The molecule has 3 rings (SSSR count). The van der Waals surface area contributed by atoms with Crippen LogP contribution in [0.25, 0.3) is 21.8 Å². The normalized spacial score (nSPS) is 11.4. The van der Waals surface area contributed by atoms with Crippen molar-refractivity contribution in [1.82, 2.24) is 9.99 Å². The summed E-state index contributed by atoms with van der Waals surface area (Å²) in [5.74, 6) is 0. The average molecular weight is 309 g/mol. The molecule has 0 spiro atoms. The molecule has 0 saturated heterocycles. The van der Waals surface area contributed by atoms with Gasteiger partial charge in [0.1, 0.15) is 0 Å². The maximum atomic E-state index is 11.2. The Morgan fingerprint density at radius 3 is 2.74 bits per heavy atom. The van der Waals surface area contributed by atoms with Crippen LogP contribution in [0.1, 0.15) is 19.4 Å². The van der Waals surface area contributed by atoms with Gasteiger partial charge in [-0.2, -0.15) is 5.10 Å². The zero-order valence-electron chi connectivity index (χ0n) is 13.2. The SMILES string of the molecule is CCOC(=O)N/N=C\c1ccc2c(c1)c1ccccc1n2CC. The summed E-state index contributed by atoms with van der Waals surface area (Å²) in [7, 11) is 0. The number of hydrogen-bond acceptors (Lipinski definition) is 3. The predicted octanol–water partition coefficient (Wildman–Crippen LogP) is 3.89. The van der Waals surface area contributed by atoms with Crippen molar-refractivity contribution in [2.24, 2.45) is 5.10 Å². The number of aryl methyl sites for hydroxylation is 1. The van der Waals surface area contributed by atoms with E-state index in [0.29, 0.717) is 6.61 Å². The first-order valence-electron chi connectivity index (χ1n) is 7.71. The highest BCUT2D eigenvalue weighted by Crippen LogP contribution is 2.29. The lowest BCUT2D eigenvalue weighted by atomic mass is 10.1. The maximum absolute atomic E-state index is 11.2. The first kappa shape index (κ1) is 15.1. The molecular weight excluding hydrogens is 290 g/mol. The number of nitrogens with zero attached hydrogens (tertiary/aromatic N) is 2. The van der Waals surface area contributed by atoms with Crippen molar-refractivity contribution < 1.29 is 9.53 Å². The van der Waals surface area contributed by atoms with E-state index in [9.17, 15) is 4.79 Å². The average Bonchev–Trinajstić information content (AvgIpc) is 2.88. The Morgan fingerprint density at radius 2 is 1.96 bits per heavy atom. The highest BCUT2D eigenvalue weighted by molar-refractivity contribution is 6.09. The number of hydrogen-bond donors (Lipinski definition) is 1. The molecule has 5 heteroatoms. The highest BCUT2D eigenvalue weighted by atomic mass is 16.5. The minimum atomic E-state index is -0.549. The third-order valence-electron chi connectivity index (χ3n) is 3.76. The van der Waals surface area contributed by atoms with Crippen molar-refractivity contribution in [1.29, 1.82) is 0 Å². The Morgan fingerprint density at radius 1 is 1.17 bits per heavy atom. The van der Waals surface area contributed by atoms with Gasteiger partial charge in [-0.1, -0.05) is 24.3 Å². The fourth-order valence-electron chi connectivity index (χ4n) is 2.82. The van der Waals surface area contributed by atoms with Gasteiger partial charge in [0.05, 0.1) is 12.8 Å².